The van der Waals surface area contributed by atoms with Crippen LogP contribution in [0.15, 0.2) is 52.2 Å². The maximum absolute atomic E-state index is 13.4. The van der Waals surface area contributed by atoms with Gasteiger partial charge in [-0.15, -0.1) is 0 Å². The molecular weight excluding hydrogens is 618 g/mol. The lowest BCUT2D eigenvalue weighted by Gasteiger charge is -2.39. The van der Waals surface area contributed by atoms with Gasteiger partial charge in [-0.05, 0) is 54.0 Å². The fraction of sp³-hybridized carbons (Fsp3) is 0.375. The van der Waals surface area contributed by atoms with Crippen molar-refractivity contribution in [2.45, 2.75) is 31.2 Å². The van der Waals surface area contributed by atoms with Gasteiger partial charge in [-0.3, -0.25) is 19.1 Å². The minimum absolute atomic E-state index is 0.0133. The average Bonchev–Trinajstić information content (AvgIpc) is 3.81. The minimum atomic E-state index is -0.791. The molecule has 3 N–H and O–H groups in total. The predicted molar refractivity (Wildman–Crippen MR) is 160 cm³/mol. The van der Waals surface area contributed by atoms with Gasteiger partial charge in [-0.1, -0.05) is 6.08 Å². The lowest BCUT2D eigenvalue weighted by Crippen LogP contribution is -2.43. The van der Waals surface area contributed by atoms with Crippen LogP contribution in [0.25, 0.3) is 0 Å². The summed E-state index contributed by atoms with van der Waals surface area (Å²) in [6.07, 6.45) is 2.47. The number of aryl methyl sites for hydroxylation is 1. The number of esters is 1. The molecule has 0 saturated carbocycles. The number of alkyl carbamates (subject to hydrolysis) is 1. The Morgan fingerprint density at radius 3 is 2.43 bits per heavy atom. The predicted octanol–water partition coefficient (Wildman–Crippen LogP) is 2.15. The number of carbonyl (C=O) groups excluding carboxylic acids is 2. The van der Waals surface area contributed by atoms with Crippen molar-refractivity contribution in [2.75, 3.05) is 34.2 Å². The lowest BCUT2D eigenvalue weighted by molar-refractivity contribution is -0.141. The molecule has 0 radical (unpaired) electrons. The van der Waals surface area contributed by atoms with Gasteiger partial charge in [-0.25, -0.2) is 9.59 Å². The molecule has 47 heavy (non-hydrogen) atoms. The number of benzene rings is 2. The van der Waals surface area contributed by atoms with Gasteiger partial charge in [0.2, 0.25) is 12.5 Å². The van der Waals surface area contributed by atoms with Gasteiger partial charge in [0.1, 0.15) is 12.7 Å². The van der Waals surface area contributed by atoms with Gasteiger partial charge in [0.15, 0.2) is 29.2 Å². The Hall–Kier alpha value is -5.44. The zero-order chi connectivity index (χ0) is 33.0. The van der Waals surface area contributed by atoms with Crippen molar-refractivity contribution in [3.8, 4) is 28.7 Å². The first kappa shape index (κ1) is 30.2. The van der Waals surface area contributed by atoms with Gasteiger partial charge in [-0.2, -0.15) is 0 Å². The Labute approximate surface area is 266 Å². The van der Waals surface area contributed by atoms with E-state index in [4.69, 9.17) is 33.2 Å². The smallest absolute Gasteiger partial charge is 0.407 e. The number of hydrogen-bond acceptors (Lipinski definition) is 12. The summed E-state index contributed by atoms with van der Waals surface area (Å²) in [7, 11) is 2.83. The Morgan fingerprint density at radius 1 is 1.02 bits per heavy atom. The number of ether oxygens (including phenoxy) is 7. The molecule has 1 amide bonds. The Balaban J connectivity index is 1.15. The maximum atomic E-state index is 13.4. The summed E-state index contributed by atoms with van der Waals surface area (Å²) >= 11 is 0. The third-order valence-corrected chi connectivity index (χ3v) is 8.93. The van der Waals surface area contributed by atoms with Crippen molar-refractivity contribution in [1.29, 1.82) is 0 Å². The fourth-order valence-electron chi connectivity index (χ4n) is 6.68. The number of H-pyrrole nitrogens is 1. The van der Waals surface area contributed by atoms with Crippen molar-refractivity contribution in [1.82, 2.24) is 14.9 Å². The number of methoxy groups -OCH3 is 2. The van der Waals surface area contributed by atoms with E-state index in [0.717, 1.165) is 0 Å². The Bertz CT molecular complexity index is 1890. The Morgan fingerprint density at radius 2 is 1.72 bits per heavy atom. The molecule has 6 atom stereocenters. The van der Waals surface area contributed by atoms with Gasteiger partial charge in [0, 0.05) is 23.6 Å². The van der Waals surface area contributed by atoms with Crippen LogP contribution < -0.4 is 35.5 Å². The van der Waals surface area contributed by atoms with E-state index < -0.39 is 59.4 Å². The molecule has 7 rings (SSSR count). The summed E-state index contributed by atoms with van der Waals surface area (Å²) in [6, 6.07) is 6.14. The highest BCUT2D eigenvalue weighted by atomic mass is 16.7. The third kappa shape index (κ3) is 5.21. The van der Waals surface area contributed by atoms with Gasteiger partial charge in [0.25, 0.3) is 5.56 Å². The number of phenols is 1. The number of aromatic nitrogens is 2. The largest absolute Gasteiger partial charge is 0.502 e. The maximum Gasteiger partial charge on any atom is 0.407 e. The van der Waals surface area contributed by atoms with Crippen LogP contribution >= 0.6 is 0 Å². The molecule has 1 fully saturated rings. The van der Waals surface area contributed by atoms with E-state index in [-0.39, 0.29) is 37.3 Å². The number of rotatable bonds is 7. The summed E-state index contributed by atoms with van der Waals surface area (Å²) in [6.45, 7) is 1.45. The highest BCUT2D eigenvalue weighted by Gasteiger charge is 2.53. The lowest BCUT2D eigenvalue weighted by atomic mass is 9.65. The Kier molecular flexibility index (Phi) is 7.54. The molecule has 15 heteroatoms. The van der Waals surface area contributed by atoms with Crippen molar-refractivity contribution in [2.24, 2.45) is 11.8 Å². The van der Waals surface area contributed by atoms with E-state index in [1.165, 1.54) is 25.0 Å². The molecule has 0 bridgehead atoms. The molecular formula is C32H31N3O12. The second-order valence-corrected chi connectivity index (χ2v) is 11.6. The van der Waals surface area contributed by atoms with Crippen LogP contribution in [-0.2, 0) is 19.0 Å². The third-order valence-electron chi connectivity index (χ3n) is 8.93. The van der Waals surface area contributed by atoms with E-state index in [2.05, 4.69) is 10.3 Å². The zero-order valence-electron chi connectivity index (χ0n) is 25.5. The summed E-state index contributed by atoms with van der Waals surface area (Å²) in [5.74, 6) is -1.14. The quantitative estimate of drug-likeness (QED) is 0.251. The highest BCUT2D eigenvalue weighted by Crippen LogP contribution is 2.55. The molecule has 1 aliphatic carbocycles. The number of nitrogens with zero attached hydrogens (tertiary/aromatic N) is 1. The number of fused-ring (bicyclic) bond motifs is 3. The number of hydrogen-bond donors (Lipinski definition) is 3. The molecule has 1 saturated heterocycles. The van der Waals surface area contributed by atoms with Crippen LogP contribution in [0, 0.1) is 18.8 Å². The SMILES string of the molecule is COc1cc([C@@H]2c3cc4c(cc3[C@H](NC(=O)OC[C@@H]3C=C[C@H](n5cc(C)c(=O)[nH]c5=O)O3)[C@H]3COC(=O)[C@H]23)OCO4)cc(OC)c1O. The van der Waals surface area contributed by atoms with E-state index in [9.17, 15) is 24.3 Å². The van der Waals surface area contributed by atoms with Crippen molar-refractivity contribution in [3.63, 3.8) is 0 Å². The molecule has 15 nitrogen and oxygen atoms in total. The van der Waals surface area contributed by atoms with Gasteiger partial charge < -0.3 is 43.6 Å². The number of nitrogens with one attached hydrogen (secondary N) is 2. The molecule has 246 valence electrons. The molecule has 3 aromatic rings. The molecule has 4 heterocycles. The van der Waals surface area contributed by atoms with E-state index in [0.29, 0.717) is 33.8 Å². The summed E-state index contributed by atoms with van der Waals surface area (Å²) < 4.78 is 40.3. The van der Waals surface area contributed by atoms with Crippen molar-refractivity contribution >= 4 is 12.1 Å². The molecule has 4 aliphatic rings. The normalized spacial score (nSPS) is 25.1. The van der Waals surface area contributed by atoms with Gasteiger partial charge >= 0.3 is 17.8 Å². The number of aromatic amines is 1. The number of cyclic esters (lactones) is 1. The average molecular weight is 650 g/mol. The number of carbonyl (C=O) groups is 2. The topological polar surface area (TPSA) is 186 Å². The van der Waals surface area contributed by atoms with Crippen LogP contribution in [0.1, 0.15) is 40.4 Å². The van der Waals surface area contributed by atoms with Crippen LogP contribution in [0.4, 0.5) is 4.79 Å². The molecule has 0 spiro atoms. The second-order valence-electron chi connectivity index (χ2n) is 11.6. The van der Waals surface area contributed by atoms with E-state index in [1.54, 1.807) is 43.3 Å². The van der Waals surface area contributed by atoms with Crippen LogP contribution in [0.5, 0.6) is 28.7 Å². The molecule has 1 aromatic heterocycles. The first-order valence-electron chi connectivity index (χ1n) is 14.8. The fourth-order valence-corrected chi connectivity index (χ4v) is 6.68. The standard InChI is InChI=1S/C32H31N3O12/c1-14-10-35(31(39)34-29(14)37)24-5-4-16(47-24)11-44-32(40)33-27-18-9-21-20(45-13-46-21)8-17(18)25(26-19(27)12-43-30(26)38)15-6-22(41-2)28(36)23(7-15)42-3/h4-10,16,19,24-27,36H,11-13H2,1-3H3,(H,33,40)(H,34,37,39)/t16-,19-,24+,25+,26-,27-/m0/s1. The summed E-state index contributed by atoms with van der Waals surface area (Å²) in [5, 5.41) is 13.5. The van der Waals surface area contributed by atoms with E-state index in [1.807, 2.05) is 0 Å². The van der Waals surface area contributed by atoms with Crippen molar-refractivity contribution in [3.05, 3.63) is 85.7 Å². The highest BCUT2D eigenvalue weighted by molar-refractivity contribution is 5.80. The molecule has 3 aliphatic heterocycles. The summed E-state index contributed by atoms with van der Waals surface area (Å²) in [4.78, 5) is 52.9. The first-order chi connectivity index (χ1) is 22.7. The minimum Gasteiger partial charge on any atom is -0.502 e. The van der Waals surface area contributed by atoms with Crippen molar-refractivity contribution < 1.29 is 47.9 Å². The monoisotopic (exact) mass is 649 g/mol. The van der Waals surface area contributed by atoms with Gasteiger partial charge in [0.05, 0.1) is 32.8 Å². The number of phenolic OH excluding ortho intramolecular Hbond substituents is 1. The van der Waals surface area contributed by atoms with Crippen LogP contribution in [0.3, 0.4) is 0 Å². The molecule has 2 aromatic carbocycles. The summed E-state index contributed by atoms with van der Waals surface area (Å²) in [5.41, 5.74) is 1.21. The zero-order valence-corrected chi connectivity index (χ0v) is 25.5. The number of amides is 1. The first-order valence-corrected chi connectivity index (χ1v) is 14.8. The van der Waals surface area contributed by atoms with Crippen LogP contribution in [-0.4, -0.2) is 67.1 Å². The second kappa shape index (κ2) is 11.7. The van der Waals surface area contributed by atoms with E-state index >= 15 is 0 Å². The van der Waals surface area contributed by atoms with Crippen LogP contribution in [0.2, 0.25) is 0 Å². The molecule has 0 unspecified atom stereocenters. The number of aromatic hydroxyl groups is 1.